The van der Waals surface area contributed by atoms with E-state index in [9.17, 15) is 4.79 Å². The van der Waals surface area contributed by atoms with E-state index >= 15 is 0 Å². The lowest BCUT2D eigenvalue weighted by Gasteiger charge is -2.42. The van der Waals surface area contributed by atoms with Crippen molar-refractivity contribution < 1.29 is 9.53 Å². The van der Waals surface area contributed by atoms with E-state index in [1.54, 1.807) is 4.90 Å². The predicted molar refractivity (Wildman–Crippen MR) is 70.1 cm³/mol. The highest BCUT2D eigenvalue weighted by molar-refractivity contribution is 5.68. The molecule has 1 saturated heterocycles. The second-order valence-corrected chi connectivity index (χ2v) is 5.91. The molecule has 2 rings (SSSR count). The van der Waals surface area contributed by atoms with Crippen molar-refractivity contribution in [3.63, 3.8) is 0 Å². The van der Waals surface area contributed by atoms with Crippen LogP contribution in [0.4, 0.5) is 4.79 Å². The van der Waals surface area contributed by atoms with Crippen LogP contribution in [0.5, 0.6) is 0 Å². The van der Waals surface area contributed by atoms with E-state index in [4.69, 9.17) is 4.74 Å². The molecule has 0 saturated carbocycles. The molecule has 102 valence electrons. The van der Waals surface area contributed by atoms with Crippen LogP contribution >= 0.6 is 0 Å². The van der Waals surface area contributed by atoms with Crippen LogP contribution in [0.25, 0.3) is 0 Å². The third-order valence-corrected chi connectivity index (χ3v) is 3.22. The van der Waals surface area contributed by atoms with Gasteiger partial charge >= 0.3 is 6.09 Å². The molecule has 1 atom stereocenters. The van der Waals surface area contributed by atoms with Gasteiger partial charge in [-0.1, -0.05) is 0 Å². The van der Waals surface area contributed by atoms with Crippen molar-refractivity contribution >= 4 is 6.09 Å². The second kappa shape index (κ2) is 4.71. The minimum absolute atomic E-state index is 0.198. The summed E-state index contributed by atoms with van der Waals surface area (Å²) in [6, 6.07) is 0.443. The number of hydrogen-bond donors (Lipinski definition) is 1. The molecule has 0 bridgehead atoms. The number of rotatable bonds is 1. The molecular weight excluding hydrogens is 230 g/mol. The monoisotopic (exact) mass is 253 g/mol. The second-order valence-electron chi connectivity index (χ2n) is 5.91. The molecular formula is C13H23N3O2. The van der Waals surface area contributed by atoms with Gasteiger partial charge < -0.3 is 19.9 Å². The minimum atomic E-state index is -0.414. The van der Waals surface area contributed by atoms with E-state index in [0.717, 1.165) is 26.2 Å². The Morgan fingerprint density at radius 3 is 2.33 bits per heavy atom. The Labute approximate surface area is 109 Å². The number of ether oxygens (including phenoxy) is 1. The summed E-state index contributed by atoms with van der Waals surface area (Å²) in [7, 11) is 0. The summed E-state index contributed by atoms with van der Waals surface area (Å²) in [6.07, 6.45) is 1.85. The highest BCUT2D eigenvalue weighted by Crippen LogP contribution is 2.19. The van der Waals surface area contributed by atoms with Crippen molar-refractivity contribution in [2.45, 2.75) is 39.3 Å². The van der Waals surface area contributed by atoms with E-state index < -0.39 is 5.60 Å². The first-order valence-electron chi connectivity index (χ1n) is 6.56. The van der Waals surface area contributed by atoms with Gasteiger partial charge in [-0.3, -0.25) is 0 Å². The fourth-order valence-corrected chi connectivity index (χ4v) is 2.16. The Morgan fingerprint density at radius 1 is 1.33 bits per heavy atom. The summed E-state index contributed by atoms with van der Waals surface area (Å²) in [5.41, 5.74) is 0.933. The maximum Gasteiger partial charge on any atom is 0.410 e. The quantitative estimate of drug-likeness (QED) is 0.766. The molecule has 18 heavy (non-hydrogen) atoms. The number of piperazine rings is 1. The maximum atomic E-state index is 11.9. The van der Waals surface area contributed by atoms with Crippen molar-refractivity contribution in [1.29, 1.82) is 0 Å². The molecule has 0 spiro atoms. The molecule has 0 aliphatic carbocycles. The lowest BCUT2D eigenvalue weighted by atomic mass is 10.1. The summed E-state index contributed by atoms with van der Waals surface area (Å²) in [5.74, 6) is 0. The Morgan fingerprint density at radius 2 is 1.94 bits per heavy atom. The van der Waals surface area contributed by atoms with E-state index in [-0.39, 0.29) is 6.09 Å². The van der Waals surface area contributed by atoms with Crippen LogP contribution in [0.2, 0.25) is 0 Å². The third kappa shape index (κ3) is 2.89. The summed E-state index contributed by atoms with van der Waals surface area (Å²) in [4.78, 5) is 16.0. The molecule has 2 aliphatic heterocycles. The highest BCUT2D eigenvalue weighted by Gasteiger charge is 2.29. The maximum absolute atomic E-state index is 11.9. The average molecular weight is 253 g/mol. The van der Waals surface area contributed by atoms with Gasteiger partial charge in [0.1, 0.15) is 5.60 Å². The number of hydrogen-bond acceptors (Lipinski definition) is 4. The zero-order valence-corrected chi connectivity index (χ0v) is 11.7. The first kappa shape index (κ1) is 13.1. The Balaban J connectivity index is 1.81. The largest absolute Gasteiger partial charge is 0.444 e. The SMILES string of the molecule is C[C@H]1NC=C1N1CCN(C(=O)OC(C)(C)C)CC1. The van der Waals surface area contributed by atoms with Gasteiger partial charge in [0, 0.05) is 32.4 Å². The first-order valence-corrected chi connectivity index (χ1v) is 6.56. The van der Waals surface area contributed by atoms with Crippen LogP contribution in [-0.2, 0) is 4.74 Å². The molecule has 0 aromatic rings. The van der Waals surface area contributed by atoms with Crippen molar-refractivity contribution in [2.24, 2.45) is 0 Å². The fourth-order valence-electron chi connectivity index (χ4n) is 2.16. The zero-order valence-electron chi connectivity index (χ0n) is 11.7. The van der Waals surface area contributed by atoms with Gasteiger partial charge in [0.05, 0.1) is 11.7 Å². The summed E-state index contributed by atoms with van der Waals surface area (Å²) < 4.78 is 5.38. The van der Waals surface area contributed by atoms with Gasteiger partial charge in [0.2, 0.25) is 0 Å². The number of nitrogens with one attached hydrogen (secondary N) is 1. The van der Waals surface area contributed by atoms with Gasteiger partial charge in [-0.25, -0.2) is 4.79 Å². The topological polar surface area (TPSA) is 44.8 Å². The summed E-state index contributed by atoms with van der Waals surface area (Å²) in [6.45, 7) is 11.1. The van der Waals surface area contributed by atoms with Gasteiger partial charge in [-0.05, 0) is 27.7 Å². The molecule has 5 nitrogen and oxygen atoms in total. The normalized spacial score (nSPS) is 24.0. The van der Waals surface area contributed by atoms with E-state index in [0.29, 0.717) is 6.04 Å². The van der Waals surface area contributed by atoms with Crippen molar-refractivity contribution in [3.8, 4) is 0 Å². The Kier molecular flexibility index (Phi) is 3.41. The van der Waals surface area contributed by atoms with Crippen molar-refractivity contribution in [3.05, 3.63) is 11.9 Å². The van der Waals surface area contributed by atoms with Crippen LogP contribution < -0.4 is 5.32 Å². The van der Waals surface area contributed by atoms with E-state index in [1.807, 2.05) is 27.0 Å². The average Bonchev–Trinajstić information content (AvgIpc) is 2.25. The smallest absolute Gasteiger partial charge is 0.410 e. The van der Waals surface area contributed by atoms with E-state index in [2.05, 4.69) is 17.1 Å². The number of amides is 1. The van der Waals surface area contributed by atoms with Gasteiger partial charge in [-0.2, -0.15) is 0 Å². The van der Waals surface area contributed by atoms with Crippen LogP contribution in [0.3, 0.4) is 0 Å². The first-order chi connectivity index (χ1) is 8.37. The molecule has 0 aromatic heterocycles. The highest BCUT2D eigenvalue weighted by atomic mass is 16.6. The summed E-state index contributed by atoms with van der Waals surface area (Å²) in [5, 5.41) is 3.21. The fraction of sp³-hybridized carbons (Fsp3) is 0.769. The van der Waals surface area contributed by atoms with Crippen molar-refractivity contribution in [2.75, 3.05) is 26.2 Å². The minimum Gasteiger partial charge on any atom is -0.444 e. The lowest BCUT2D eigenvalue weighted by Crippen LogP contribution is -2.53. The summed E-state index contributed by atoms with van der Waals surface area (Å²) >= 11 is 0. The van der Waals surface area contributed by atoms with Gasteiger partial charge in [-0.15, -0.1) is 0 Å². The standard InChI is InChI=1S/C13H23N3O2/c1-10-11(9-14-10)15-5-7-16(8-6-15)12(17)18-13(2,3)4/h9-10,14H,5-8H2,1-4H3/t10-/m1/s1. The predicted octanol–water partition coefficient (Wildman–Crippen LogP) is 1.37. The molecule has 0 unspecified atom stereocenters. The number of nitrogens with zero attached hydrogens (tertiary/aromatic N) is 2. The van der Waals surface area contributed by atoms with Crippen LogP contribution in [0, 0.1) is 0 Å². The van der Waals surface area contributed by atoms with Crippen molar-refractivity contribution in [1.82, 2.24) is 15.1 Å². The van der Waals surface area contributed by atoms with Crippen LogP contribution in [0.15, 0.2) is 11.9 Å². The lowest BCUT2D eigenvalue weighted by molar-refractivity contribution is 0.0161. The van der Waals surface area contributed by atoms with Gasteiger partial charge in [0.25, 0.3) is 0 Å². The van der Waals surface area contributed by atoms with Crippen LogP contribution in [0.1, 0.15) is 27.7 Å². The van der Waals surface area contributed by atoms with E-state index in [1.165, 1.54) is 5.70 Å². The Hall–Kier alpha value is -1.39. The molecule has 5 heteroatoms. The molecule has 1 amide bonds. The molecule has 0 radical (unpaired) electrons. The molecule has 0 aromatic carbocycles. The Bertz CT molecular complexity index is 352. The zero-order chi connectivity index (χ0) is 13.3. The van der Waals surface area contributed by atoms with Gasteiger partial charge in [0.15, 0.2) is 0 Å². The molecule has 1 fully saturated rings. The number of carbonyl (C=O) groups excluding carboxylic acids is 1. The third-order valence-electron chi connectivity index (χ3n) is 3.22. The molecule has 2 aliphatic rings. The molecule has 1 N–H and O–H groups in total. The number of carbonyl (C=O) groups is 1. The van der Waals surface area contributed by atoms with Crippen LogP contribution in [-0.4, -0.2) is 53.7 Å². The molecule has 2 heterocycles.